The molecule has 2 nitrogen and oxygen atoms in total. The SMILES string of the molecule is C[C@H](O[C@@H]1CCc2ncccc2[C@H]1C1C=CC(F)=CC1)c1cc(C(F)(F)F)cc(C(F)(F)F)c1. The number of allylic oxidation sites excluding steroid dienone is 4. The van der Waals surface area contributed by atoms with Gasteiger partial charge in [-0.3, -0.25) is 4.98 Å². The summed E-state index contributed by atoms with van der Waals surface area (Å²) in [6.07, 6.45) is -3.74. The molecule has 2 aromatic rings. The van der Waals surface area contributed by atoms with Gasteiger partial charge in [0.15, 0.2) is 0 Å². The minimum Gasteiger partial charge on any atom is -0.370 e. The van der Waals surface area contributed by atoms with Crippen molar-refractivity contribution in [1.29, 1.82) is 0 Å². The van der Waals surface area contributed by atoms with Gasteiger partial charge in [-0.2, -0.15) is 26.3 Å². The average Bonchev–Trinajstić information content (AvgIpc) is 2.78. The van der Waals surface area contributed by atoms with E-state index in [0.29, 0.717) is 31.4 Å². The lowest BCUT2D eigenvalue weighted by atomic mass is 9.73. The predicted molar refractivity (Wildman–Crippen MR) is 111 cm³/mol. The van der Waals surface area contributed by atoms with Crippen molar-refractivity contribution in [3.05, 3.63) is 88.5 Å². The minimum atomic E-state index is -4.93. The highest BCUT2D eigenvalue weighted by Crippen LogP contribution is 2.44. The van der Waals surface area contributed by atoms with Crippen LogP contribution in [0.1, 0.15) is 59.7 Å². The lowest BCUT2D eigenvalue weighted by molar-refractivity contribution is -0.143. The predicted octanol–water partition coefficient (Wildman–Crippen LogP) is 7.72. The van der Waals surface area contributed by atoms with Crippen LogP contribution in [0.15, 0.2) is 60.6 Å². The molecule has 9 heteroatoms. The van der Waals surface area contributed by atoms with Gasteiger partial charge >= 0.3 is 12.4 Å². The molecule has 34 heavy (non-hydrogen) atoms. The maximum atomic E-state index is 13.6. The van der Waals surface area contributed by atoms with E-state index in [9.17, 15) is 30.7 Å². The van der Waals surface area contributed by atoms with Crippen LogP contribution in [0, 0.1) is 5.92 Å². The van der Waals surface area contributed by atoms with Gasteiger partial charge in [-0.1, -0.05) is 12.1 Å². The smallest absolute Gasteiger partial charge is 0.370 e. The largest absolute Gasteiger partial charge is 0.416 e. The van der Waals surface area contributed by atoms with E-state index in [4.69, 9.17) is 4.74 Å². The van der Waals surface area contributed by atoms with Crippen LogP contribution in [0.5, 0.6) is 0 Å². The quantitative estimate of drug-likeness (QED) is 0.414. The molecule has 0 amide bonds. The molecule has 0 radical (unpaired) electrons. The fourth-order valence-corrected chi connectivity index (χ4v) is 4.71. The highest BCUT2D eigenvalue weighted by molar-refractivity contribution is 5.36. The van der Waals surface area contributed by atoms with E-state index in [2.05, 4.69) is 4.98 Å². The molecule has 0 N–H and O–H groups in total. The summed E-state index contributed by atoms with van der Waals surface area (Å²) >= 11 is 0. The number of benzene rings is 1. The zero-order chi connectivity index (χ0) is 24.7. The summed E-state index contributed by atoms with van der Waals surface area (Å²) in [5.41, 5.74) is -1.20. The van der Waals surface area contributed by atoms with Gasteiger partial charge in [0.25, 0.3) is 0 Å². The number of rotatable bonds is 4. The molecule has 4 atom stereocenters. The molecule has 1 aromatic heterocycles. The first-order valence-corrected chi connectivity index (χ1v) is 10.9. The summed E-state index contributed by atoms with van der Waals surface area (Å²) in [7, 11) is 0. The molecule has 0 bridgehead atoms. The normalized spacial score (nSPS) is 23.9. The number of hydrogen-bond donors (Lipinski definition) is 0. The van der Waals surface area contributed by atoms with Gasteiger partial charge < -0.3 is 4.74 Å². The molecule has 0 saturated heterocycles. The second kappa shape index (κ2) is 9.17. The lowest BCUT2D eigenvalue weighted by Gasteiger charge is -2.39. The first kappa shape index (κ1) is 24.4. The molecule has 0 aliphatic heterocycles. The van der Waals surface area contributed by atoms with Gasteiger partial charge in [0.2, 0.25) is 0 Å². The van der Waals surface area contributed by atoms with Gasteiger partial charge in [-0.25, -0.2) is 4.39 Å². The lowest BCUT2D eigenvalue weighted by Crippen LogP contribution is -2.34. The van der Waals surface area contributed by atoms with E-state index < -0.39 is 35.7 Å². The standard InChI is InChI=1S/C25H22F7NO/c1-14(16-11-17(24(27,28)29)13-18(12-16)25(30,31)32)34-22-9-8-21-20(3-2-10-33-21)23(22)15-4-6-19(26)7-5-15/h2-4,6-7,10-15,22-23H,5,8-9H2,1H3/t14-,15?,22+,23+/m0/s1. The maximum Gasteiger partial charge on any atom is 0.416 e. The number of halogens is 7. The molecule has 0 saturated carbocycles. The number of fused-ring (bicyclic) bond motifs is 1. The van der Waals surface area contributed by atoms with E-state index in [1.807, 2.05) is 6.07 Å². The van der Waals surface area contributed by atoms with Crippen LogP contribution in [0.3, 0.4) is 0 Å². The van der Waals surface area contributed by atoms with Gasteiger partial charge in [0.05, 0.1) is 23.3 Å². The third-order valence-electron chi connectivity index (χ3n) is 6.36. The highest BCUT2D eigenvalue weighted by Gasteiger charge is 2.39. The Balaban J connectivity index is 1.66. The molecule has 2 aliphatic carbocycles. The van der Waals surface area contributed by atoms with Crippen LogP contribution >= 0.6 is 0 Å². The summed E-state index contributed by atoms with van der Waals surface area (Å²) in [6, 6.07) is 5.16. The van der Waals surface area contributed by atoms with Gasteiger partial charge in [0, 0.05) is 17.8 Å². The topological polar surface area (TPSA) is 22.1 Å². The van der Waals surface area contributed by atoms with Gasteiger partial charge in [-0.05, 0) is 79.6 Å². The van der Waals surface area contributed by atoms with Crippen molar-refractivity contribution in [1.82, 2.24) is 4.98 Å². The Kier molecular flexibility index (Phi) is 6.59. The van der Waals surface area contributed by atoms with Crippen molar-refractivity contribution in [3.63, 3.8) is 0 Å². The number of aryl methyl sites for hydroxylation is 1. The van der Waals surface area contributed by atoms with Crippen molar-refractivity contribution in [2.45, 2.75) is 56.7 Å². The zero-order valence-electron chi connectivity index (χ0n) is 18.1. The molecule has 1 unspecified atom stereocenters. The van der Waals surface area contributed by atoms with Crippen LogP contribution < -0.4 is 0 Å². The first-order valence-electron chi connectivity index (χ1n) is 10.9. The molecular weight excluding hydrogens is 463 g/mol. The Labute approximate surface area is 192 Å². The second-order valence-electron chi connectivity index (χ2n) is 8.61. The van der Waals surface area contributed by atoms with E-state index in [0.717, 1.165) is 11.3 Å². The van der Waals surface area contributed by atoms with Crippen LogP contribution in [-0.4, -0.2) is 11.1 Å². The number of nitrogens with zero attached hydrogens (tertiary/aromatic N) is 1. The van der Waals surface area contributed by atoms with Crippen LogP contribution in [-0.2, 0) is 23.5 Å². The fraction of sp³-hybridized carbons (Fsp3) is 0.400. The molecule has 2 aliphatic rings. The summed E-state index contributed by atoms with van der Waals surface area (Å²) in [6.45, 7) is 1.45. The minimum absolute atomic E-state index is 0.106. The van der Waals surface area contributed by atoms with E-state index in [1.54, 1.807) is 18.3 Å². The summed E-state index contributed by atoms with van der Waals surface area (Å²) in [4.78, 5) is 4.41. The molecule has 0 spiro atoms. The van der Waals surface area contributed by atoms with Crippen molar-refractivity contribution in [2.75, 3.05) is 0 Å². The average molecular weight is 485 g/mol. The number of pyridine rings is 1. The monoisotopic (exact) mass is 485 g/mol. The summed E-state index contributed by atoms with van der Waals surface area (Å²) in [5, 5.41) is 0. The van der Waals surface area contributed by atoms with Crippen molar-refractivity contribution >= 4 is 0 Å². The third kappa shape index (κ3) is 5.19. The number of alkyl halides is 6. The number of ether oxygens (including phenoxy) is 1. The Hall–Kier alpha value is -2.68. The Morgan fingerprint density at radius 3 is 2.29 bits per heavy atom. The van der Waals surface area contributed by atoms with Crippen LogP contribution in [0.25, 0.3) is 0 Å². The molecule has 0 fully saturated rings. The van der Waals surface area contributed by atoms with Crippen molar-refractivity contribution in [2.24, 2.45) is 5.92 Å². The van der Waals surface area contributed by atoms with Crippen LogP contribution in [0.2, 0.25) is 0 Å². The van der Waals surface area contributed by atoms with Gasteiger partial charge in [0.1, 0.15) is 5.83 Å². The summed E-state index contributed by atoms with van der Waals surface area (Å²) in [5.74, 6) is -0.770. The van der Waals surface area contributed by atoms with E-state index in [1.165, 1.54) is 19.1 Å². The first-order chi connectivity index (χ1) is 15.9. The molecule has 182 valence electrons. The maximum absolute atomic E-state index is 13.6. The molecular formula is C25H22F7NO. The Morgan fingerprint density at radius 1 is 1.03 bits per heavy atom. The van der Waals surface area contributed by atoms with Gasteiger partial charge in [-0.15, -0.1) is 0 Å². The third-order valence-corrected chi connectivity index (χ3v) is 6.36. The number of aromatic nitrogens is 1. The van der Waals surface area contributed by atoms with Crippen LogP contribution in [0.4, 0.5) is 30.7 Å². The zero-order valence-corrected chi connectivity index (χ0v) is 18.1. The fourth-order valence-electron chi connectivity index (χ4n) is 4.71. The van der Waals surface area contributed by atoms with E-state index >= 15 is 0 Å². The van der Waals surface area contributed by atoms with Crippen molar-refractivity contribution < 1.29 is 35.5 Å². The molecule has 1 aromatic carbocycles. The second-order valence-corrected chi connectivity index (χ2v) is 8.61. The van der Waals surface area contributed by atoms with Crippen molar-refractivity contribution in [3.8, 4) is 0 Å². The highest BCUT2D eigenvalue weighted by atomic mass is 19.4. The number of hydrogen-bond acceptors (Lipinski definition) is 2. The summed E-state index contributed by atoms with van der Waals surface area (Å²) < 4.78 is 99.5. The Bertz CT molecular complexity index is 1070. The Morgan fingerprint density at radius 2 is 1.71 bits per heavy atom. The van der Waals surface area contributed by atoms with E-state index in [-0.39, 0.29) is 29.3 Å². The molecule has 4 rings (SSSR count). The molecule has 1 heterocycles.